The van der Waals surface area contributed by atoms with Crippen LogP contribution in [0.25, 0.3) is 0 Å². The molecular weight excluding hydrogens is 398 g/mol. The van der Waals surface area contributed by atoms with Crippen molar-refractivity contribution < 1.29 is 23.9 Å². The maximum atomic E-state index is 12.5. The van der Waals surface area contributed by atoms with Gasteiger partial charge in [0.05, 0.1) is 0 Å². The van der Waals surface area contributed by atoms with Crippen LogP contribution in [-0.2, 0) is 14.4 Å². The molecule has 0 unspecified atom stereocenters. The number of carbonyl (C=O) groups is 4. The second-order valence-electron chi connectivity index (χ2n) is 6.81. The van der Waals surface area contributed by atoms with E-state index in [0.29, 0.717) is 22.5 Å². The Kier molecular flexibility index (Phi) is 4.74. The normalized spacial score (nSPS) is 17.7. The molecular formula is C18H17N5O5S. The highest BCUT2D eigenvalue weighted by Gasteiger charge is 2.46. The predicted octanol–water partition coefficient (Wildman–Crippen LogP) is 1.81. The van der Waals surface area contributed by atoms with Gasteiger partial charge >= 0.3 is 6.03 Å². The van der Waals surface area contributed by atoms with Gasteiger partial charge in [0.15, 0.2) is 5.92 Å². The van der Waals surface area contributed by atoms with Crippen LogP contribution in [0.5, 0.6) is 10.9 Å². The highest BCUT2D eigenvalue weighted by atomic mass is 32.1. The van der Waals surface area contributed by atoms with E-state index < -0.39 is 29.7 Å². The number of nitrogens with zero attached hydrogens (tertiary/aromatic N) is 4. The summed E-state index contributed by atoms with van der Waals surface area (Å²) in [6.45, 7) is 0. The molecule has 11 heteroatoms. The molecule has 0 atom stereocenters. The second kappa shape index (κ2) is 7.24. The van der Waals surface area contributed by atoms with E-state index in [-0.39, 0.29) is 0 Å². The van der Waals surface area contributed by atoms with Crippen molar-refractivity contribution in [2.45, 2.75) is 18.8 Å². The van der Waals surface area contributed by atoms with Crippen LogP contribution in [0.15, 0.2) is 24.3 Å². The standard InChI is InChI=1S/C18H17N5O5S/c1-22-15(25)12(16(26)23(2)18(22)27)13(24)19-10-5-7-11(8-6-10)28-17-21-20-14(29-17)9-3-4-9/h5-9,12H,3-4H2,1-2H3,(H,19,24). The van der Waals surface area contributed by atoms with Crippen molar-refractivity contribution in [3.05, 3.63) is 29.3 Å². The van der Waals surface area contributed by atoms with E-state index in [1.54, 1.807) is 24.3 Å². The van der Waals surface area contributed by atoms with Crippen LogP contribution in [0, 0.1) is 5.92 Å². The maximum absolute atomic E-state index is 12.5. The molecule has 1 aromatic carbocycles. The predicted molar refractivity (Wildman–Crippen MR) is 101 cm³/mol. The Morgan fingerprint density at radius 1 is 1.07 bits per heavy atom. The third-order valence-electron chi connectivity index (χ3n) is 4.67. The van der Waals surface area contributed by atoms with Crippen molar-refractivity contribution in [2.75, 3.05) is 19.4 Å². The Labute approximate surface area is 169 Å². The molecule has 10 nitrogen and oxygen atoms in total. The maximum Gasteiger partial charge on any atom is 0.332 e. The lowest BCUT2D eigenvalue weighted by molar-refractivity contribution is -0.151. The molecule has 1 aromatic heterocycles. The topological polar surface area (TPSA) is 122 Å². The molecule has 1 saturated carbocycles. The Balaban J connectivity index is 1.41. The number of rotatable bonds is 5. The van der Waals surface area contributed by atoms with Crippen LogP contribution in [0.1, 0.15) is 23.8 Å². The van der Waals surface area contributed by atoms with E-state index in [0.717, 1.165) is 27.6 Å². The summed E-state index contributed by atoms with van der Waals surface area (Å²) in [6.07, 6.45) is 2.27. The summed E-state index contributed by atoms with van der Waals surface area (Å²) in [5.41, 5.74) is 0.376. The number of urea groups is 1. The molecule has 0 radical (unpaired) electrons. The summed E-state index contributed by atoms with van der Waals surface area (Å²) in [5.74, 6) is -3.13. The molecule has 1 saturated heterocycles. The van der Waals surface area contributed by atoms with Gasteiger partial charge in [-0.1, -0.05) is 16.4 Å². The first kappa shape index (κ1) is 19.0. The lowest BCUT2D eigenvalue weighted by Gasteiger charge is -2.32. The highest BCUT2D eigenvalue weighted by molar-refractivity contribution is 7.13. The molecule has 2 aromatic rings. The van der Waals surface area contributed by atoms with Crippen LogP contribution in [0.4, 0.5) is 10.5 Å². The van der Waals surface area contributed by atoms with Gasteiger partial charge in [0, 0.05) is 25.7 Å². The minimum absolute atomic E-state index is 0.376. The average molecular weight is 415 g/mol. The summed E-state index contributed by atoms with van der Waals surface area (Å²) >= 11 is 1.41. The van der Waals surface area contributed by atoms with E-state index in [4.69, 9.17) is 4.74 Å². The first-order valence-electron chi connectivity index (χ1n) is 8.86. The quantitative estimate of drug-likeness (QED) is 0.739. The number of nitrogens with one attached hydrogen (secondary N) is 1. The van der Waals surface area contributed by atoms with Crippen molar-refractivity contribution in [2.24, 2.45) is 5.92 Å². The van der Waals surface area contributed by atoms with Crippen molar-refractivity contribution >= 4 is 40.8 Å². The number of barbiturate groups is 1. The van der Waals surface area contributed by atoms with Crippen LogP contribution in [0.3, 0.4) is 0 Å². The summed E-state index contributed by atoms with van der Waals surface area (Å²) in [5, 5.41) is 12.0. The Morgan fingerprint density at radius 3 is 2.28 bits per heavy atom. The molecule has 5 amide bonds. The number of aromatic nitrogens is 2. The zero-order valence-electron chi connectivity index (χ0n) is 15.6. The number of ether oxygens (including phenoxy) is 1. The van der Waals surface area contributed by atoms with Gasteiger partial charge in [0.1, 0.15) is 10.8 Å². The Bertz CT molecular complexity index is 976. The minimum atomic E-state index is -1.61. The lowest BCUT2D eigenvalue weighted by atomic mass is 10.0. The zero-order valence-corrected chi connectivity index (χ0v) is 16.4. The number of benzene rings is 1. The smallest absolute Gasteiger partial charge is 0.332 e. The third kappa shape index (κ3) is 3.68. The fourth-order valence-corrected chi connectivity index (χ4v) is 3.69. The fraction of sp³-hybridized carbons (Fsp3) is 0.333. The van der Waals surface area contributed by atoms with Gasteiger partial charge in [-0.25, -0.2) is 4.79 Å². The fourth-order valence-electron chi connectivity index (χ4n) is 2.81. The number of anilines is 1. The number of carbonyl (C=O) groups excluding carboxylic acids is 4. The SMILES string of the molecule is CN1C(=O)C(C(=O)Nc2ccc(Oc3nnc(C4CC4)s3)cc2)C(=O)N(C)C1=O. The summed E-state index contributed by atoms with van der Waals surface area (Å²) in [7, 11) is 2.45. The number of imide groups is 2. The van der Waals surface area contributed by atoms with Gasteiger partial charge in [-0.15, -0.1) is 5.10 Å². The highest BCUT2D eigenvalue weighted by Crippen LogP contribution is 2.43. The van der Waals surface area contributed by atoms with Crippen molar-refractivity contribution in [3.63, 3.8) is 0 Å². The first-order chi connectivity index (χ1) is 13.8. The van der Waals surface area contributed by atoms with Crippen LogP contribution >= 0.6 is 11.3 Å². The minimum Gasteiger partial charge on any atom is -0.430 e. The first-order valence-corrected chi connectivity index (χ1v) is 9.68. The summed E-state index contributed by atoms with van der Waals surface area (Å²) < 4.78 is 5.66. The van der Waals surface area contributed by atoms with Crippen molar-refractivity contribution in [1.82, 2.24) is 20.0 Å². The monoisotopic (exact) mass is 415 g/mol. The van der Waals surface area contributed by atoms with E-state index in [9.17, 15) is 19.2 Å². The molecule has 1 aliphatic heterocycles. The molecule has 2 fully saturated rings. The van der Waals surface area contributed by atoms with Crippen molar-refractivity contribution in [3.8, 4) is 10.9 Å². The van der Waals surface area contributed by atoms with Crippen molar-refractivity contribution in [1.29, 1.82) is 0 Å². The number of hydrogen-bond acceptors (Lipinski definition) is 8. The van der Waals surface area contributed by atoms with Gasteiger partial charge in [-0.2, -0.15) is 0 Å². The zero-order chi connectivity index (χ0) is 20.7. The van der Waals surface area contributed by atoms with Gasteiger partial charge in [-0.3, -0.25) is 24.2 Å². The van der Waals surface area contributed by atoms with Gasteiger partial charge < -0.3 is 10.1 Å². The van der Waals surface area contributed by atoms with Crippen LogP contribution in [0.2, 0.25) is 0 Å². The molecule has 1 N–H and O–H groups in total. The summed E-state index contributed by atoms with van der Waals surface area (Å²) in [6, 6.07) is 5.63. The molecule has 0 bridgehead atoms. The van der Waals surface area contributed by atoms with E-state index >= 15 is 0 Å². The van der Waals surface area contributed by atoms with E-state index in [2.05, 4.69) is 15.5 Å². The Morgan fingerprint density at radius 2 is 1.69 bits per heavy atom. The van der Waals surface area contributed by atoms with E-state index in [1.807, 2.05) is 0 Å². The molecule has 1 aliphatic carbocycles. The summed E-state index contributed by atoms with van der Waals surface area (Å²) in [4.78, 5) is 50.1. The number of hydrogen-bond donors (Lipinski definition) is 1. The number of amides is 5. The molecule has 0 spiro atoms. The molecule has 2 aliphatic rings. The molecule has 29 heavy (non-hydrogen) atoms. The largest absolute Gasteiger partial charge is 0.430 e. The third-order valence-corrected chi connectivity index (χ3v) is 5.63. The Hall–Kier alpha value is -3.34. The van der Waals surface area contributed by atoms with Gasteiger partial charge in [0.25, 0.3) is 17.0 Å². The van der Waals surface area contributed by atoms with Gasteiger partial charge in [0.2, 0.25) is 5.91 Å². The van der Waals surface area contributed by atoms with E-state index in [1.165, 1.54) is 25.4 Å². The second-order valence-corrected chi connectivity index (χ2v) is 7.78. The molecule has 150 valence electrons. The average Bonchev–Trinajstić information content (AvgIpc) is 3.46. The van der Waals surface area contributed by atoms with Crippen LogP contribution < -0.4 is 10.1 Å². The molecule has 4 rings (SSSR count). The van der Waals surface area contributed by atoms with Crippen LogP contribution in [-0.4, -0.2) is 57.8 Å². The lowest BCUT2D eigenvalue weighted by Crippen LogP contribution is -2.59. The molecule has 2 heterocycles. The van der Waals surface area contributed by atoms with Gasteiger partial charge in [-0.05, 0) is 37.1 Å².